The molecule has 0 bridgehead atoms. The number of anilines is 1. The van der Waals surface area contributed by atoms with Crippen molar-refractivity contribution in [2.45, 2.75) is 32.4 Å². The average molecular weight is 465 g/mol. The number of rotatable bonds is 12. The standard InChI is InChI=1S/C22H28N10O2/c23-19(22(34)27-14-18-8-2-4-10-26-18)15-31(24)11-5-6-12-32-16-20(29-30-32)28-21(33)13-17-7-1-3-9-25-17/h1-4,7-10,15-16H,5-6,11-14,23-24H2,(H,27,34)(H,28,33)/b19-15-. The number of pyridine rings is 2. The monoisotopic (exact) mass is 464 g/mol. The Balaban J connectivity index is 1.33. The Morgan fingerprint density at radius 2 is 1.79 bits per heavy atom. The number of hydrogen-bond donors (Lipinski definition) is 4. The minimum Gasteiger partial charge on any atom is -0.393 e. The second kappa shape index (κ2) is 12.6. The topological polar surface area (TPSA) is 170 Å². The molecule has 3 aromatic rings. The normalized spacial score (nSPS) is 11.1. The molecule has 0 unspecified atom stereocenters. The molecule has 2 amide bonds. The number of nitrogens with one attached hydrogen (secondary N) is 2. The van der Waals surface area contributed by atoms with E-state index in [2.05, 4.69) is 30.9 Å². The zero-order valence-electron chi connectivity index (χ0n) is 18.7. The van der Waals surface area contributed by atoms with Gasteiger partial charge in [0.15, 0.2) is 5.82 Å². The van der Waals surface area contributed by atoms with Crippen LogP contribution in [0.5, 0.6) is 0 Å². The van der Waals surface area contributed by atoms with Crippen molar-refractivity contribution in [3.05, 3.63) is 78.3 Å². The van der Waals surface area contributed by atoms with Crippen LogP contribution in [-0.4, -0.2) is 48.3 Å². The molecule has 3 rings (SSSR count). The highest BCUT2D eigenvalue weighted by atomic mass is 16.2. The van der Waals surface area contributed by atoms with Crippen molar-refractivity contribution < 1.29 is 9.59 Å². The lowest BCUT2D eigenvalue weighted by atomic mass is 10.2. The molecule has 6 N–H and O–H groups in total. The first-order chi connectivity index (χ1) is 16.5. The second-order valence-electron chi connectivity index (χ2n) is 7.45. The van der Waals surface area contributed by atoms with Gasteiger partial charge in [-0.1, -0.05) is 17.3 Å². The van der Waals surface area contributed by atoms with Crippen LogP contribution in [0.15, 0.2) is 66.9 Å². The molecular weight excluding hydrogens is 436 g/mol. The molecule has 0 radical (unpaired) electrons. The van der Waals surface area contributed by atoms with Crippen LogP contribution >= 0.6 is 0 Å². The molecule has 12 nitrogen and oxygen atoms in total. The summed E-state index contributed by atoms with van der Waals surface area (Å²) in [6.45, 7) is 1.37. The predicted octanol–water partition coefficient (Wildman–Crippen LogP) is 0.322. The van der Waals surface area contributed by atoms with E-state index in [-0.39, 0.29) is 24.6 Å². The molecule has 0 saturated heterocycles. The number of hydrazine groups is 1. The second-order valence-corrected chi connectivity index (χ2v) is 7.45. The van der Waals surface area contributed by atoms with E-state index in [4.69, 9.17) is 11.6 Å². The fourth-order valence-electron chi connectivity index (χ4n) is 2.96. The number of nitrogens with two attached hydrogens (primary N) is 2. The van der Waals surface area contributed by atoms with Gasteiger partial charge in [-0.2, -0.15) is 0 Å². The van der Waals surface area contributed by atoms with Crippen LogP contribution in [0.1, 0.15) is 24.2 Å². The number of nitrogens with zero attached hydrogens (tertiary/aromatic N) is 6. The first kappa shape index (κ1) is 24.3. The number of hydrogen-bond acceptors (Lipinski definition) is 9. The van der Waals surface area contributed by atoms with Gasteiger partial charge in [0.25, 0.3) is 5.91 Å². The van der Waals surface area contributed by atoms with Crippen molar-refractivity contribution in [2.24, 2.45) is 11.6 Å². The highest BCUT2D eigenvalue weighted by molar-refractivity contribution is 5.92. The van der Waals surface area contributed by atoms with Gasteiger partial charge in [0.2, 0.25) is 5.91 Å². The van der Waals surface area contributed by atoms with Gasteiger partial charge in [-0.3, -0.25) is 24.2 Å². The Labute approximate surface area is 197 Å². The Morgan fingerprint density at radius 1 is 1.06 bits per heavy atom. The van der Waals surface area contributed by atoms with Crippen molar-refractivity contribution in [1.82, 2.24) is 35.3 Å². The maximum Gasteiger partial charge on any atom is 0.269 e. The number of carbonyl (C=O) groups excluding carboxylic acids is 2. The molecule has 0 spiro atoms. The SMILES string of the molecule is N/C(=C\N(N)CCCCn1cc(NC(=O)Cc2ccccn2)nn1)C(=O)NCc1ccccn1. The molecular formula is C22H28N10O2. The average Bonchev–Trinajstić information content (AvgIpc) is 3.28. The fourth-order valence-corrected chi connectivity index (χ4v) is 2.96. The Kier molecular flexibility index (Phi) is 9.05. The first-order valence-electron chi connectivity index (χ1n) is 10.8. The minimum absolute atomic E-state index is 0.0146. The maximum atomic E-state index is 12.1. The lowest BCUT2D eigenvalue weighted by molar-refractivity contribution is -0.118. The molecule has 178 valence electrons. The van der Waals surface area contributed by atoms with E-state index in [0.29, 0.717) is 24.6 Å². The number of aromatic nitrogens is 5. The summed E-state index contributed by atoms with van der Waals surface area (Å²) in [5.41, 5.74) is 7.24. The van der Waals surface area contributed by atoms with Crippen LogP contribution in [0.2, 0.25) is 0 Å². The largest absolute Gasteiger partial charge is 0.393 e. The third-order valence-electron chi connectivity index (χ3n) is 4.65. The van der Waals surface area contributed by atoms with Crippen molar-refractivity contribution in [1.29, 1.82) is 0 Å². The van der Waals surface area contributed by atoms with Gasteiger partial charge in [-0.05, 0) is 37.1 Å². The molecule has 12 heteroatoms. The van der Waals surface area contributed by atoms with Crippen molar-refractivity contribution in [2.75, 3.05) is 11.9 Å². The van der Waals surface area contributed by atoms with Gasteiger partial charge in [-0.15, -0.1) is 5.10 Å². The predicted molar refractivity (Wildman–Crippen MR) is 125 cm³/mol. The van der Waals surface area contributed by atoms with Crippen LogP contribution in [0.3, 0.4) is 0 Å². The lowest BCUT2D eigenvalue weighted by Crippen LogP contribution is -2.33. The minimum atomic E-state index is -0.415. The van der Waals surface area contributed by atoms with Gasteiger partial charge >= 0.3 is 0 Å². The number of aryl methyl sites for hydroxylation is 1. The van der Waals surface area contributed by atoms with Crippen LogP contribution < -0.4 is 22.2 Å². The smallest absolute Gasteiger partial charge is 0.269 e. The molecule has 34 heavy (non-hydrogen) atoms. The number of carbonyl (C=O) groups is 2. The van der Waals surface area contributed by atoms with Gasteiger partial charge in [0.1, 0.15) is 5.70 Å². The van der Waals surface area contributed by atoms with Crippen molar-refractivity contribution in [3.63, 3.8) is 0 Å². The zero-order valence-corrected chi connectivity index (χ0v) is 18.7. The van der Waals surface area contributed by atoms with E-state index in [9.17, 15) is 9.59 Å². The highest BCUT2D eigenvalue weighted by Gasteiger charge is 2.09. The van der Waals surface area contributed by atoms with Crippen LogP contribution in [0.25, 0.3) is 0 Å². The summed E-state index contributed by atoms with van der Waals surface area (Å²) >= 11 is 0. The van der Waals surface area contributed by atoms with E-state index >= 15 is 0 Å². The van der Waals surface area contributed by atoms with Crippen LogP contribution in [-0.2, 0) is 29.1 Å². The highest BCUT2D eigenvalue weighted by Crippen LogP contribution is 2.04. The van der Waals surface area contributed by atoms with E-state index in [1.54, 1.807) is 41.5 Å². The van der Waals surface area contributed by atoms with E-state index in [1.807, 2.05) is 18.2 Å². The van der Waals surface area contributed by atoms with Gasteiger partial charge in [0, 0.05) is 37.4 Å². The van der Waals surface area contributed by atoms with Crippen LogP contribution in [0.4, 0.5) is 5.82 Å². The third-order valence-corrected chi connectivity index (χ3v) is 4.65. The molecule has 0 aromatic carbocycles. The van der Waals surface area contributed by atoms with Crippen LogP contribution in [0, 0.1) is 0 Å². The van der Waals surface area contributed by atoms with E-state index < -0.39 is 5.91 Å². The zero-order chi connectivity index (χ0) is 24.2. The van der Waals surface area contributed by atoms with Crippen molar-refractivity contribution >= 4 is 17.6 Å². The number of unbranched alkanes of at least 4 members (excludes halogenated alkanes) is 1. The third kappa shape index (κ3) is 8.31. The van der Waals surface area contributed by atoms with E-state index in [0.717, 1.165) is 18.5 Å². The quantitative estimate of drug-likeness (QED) is 0.128. The summed E-state index contributed by atoms with van der Waals surface area (Å²) in [6.07, 6.45) is 8.03. The maximum absolute atomic E-state index is 12.1. The summed E-state index contributed by atoms with van der Waals surface area (Å²) in [6, 6.07) is 10.9. The summed E-state index contributed by atoms with van der Waals surface area (Å²) < 4.78 is 1.65. The van der Waals surface area contributed by atoms with E-state index in [1.165, 1.54) is 11.2 Å². The lowest BCUT2D eigenvalue weighted by Gasteiger charge is -2.14. The van der Waals surface area contributed by atoms with Gasteiger partial charge in [-0.25, -0.2) is 5.84 Å². The van der Waals surface area contributed by atoms with Crippen molar-refractivity contribution in [3.8, 4) is 0 Å². The van der Waals surface area contributed by atoms with Gasteiger partial charge < -0.3 is 21.4 Å². The summed E-state index contributed by atoms with van der Waals surface area (Å²) in [5, 5.41) is 14.7. The summed E-state index contributed by atoms with van der Waals surface area (Å²) in [5.74, 6) is 5.68. The summed E-state index contributed by atoms with van der Waals surface area (Å²) in [4.78, 5) is 32.4. The Hall–Kier alpha value is -4.32. The molecule has 0 atom stereocenters. The molecule has 0 aliphatic rings. The number of amides is 2. The summed E-state index contributed by atoms with van der Waals surface area (Å²) in [7, 11) is 0. The molecule has 0 aliphatic heterocycles. The Bertz CT molecular complexity index is 1090. The first-order valence-corrected chi connectivity index (χ1v) is 10.8. The fraction of sp³-hybridized carbons (Fsp3) is 0.273. The molecule has 0 aliphatic carbocycles. The Morgan fingerprint density at radius 3 is 2.50 bits per heavy atom. The molecule has 3 aromatic heterocycles. The molecule has 3 heterocycles. The molecule has 0 fully saturated rings. The van der Waals surface area contributed by atoms with Gasteiger partial charge in [0.05, 0.1) is 24.9 Å². The molecule has 0 saturated carbocycles.